The van der Waals surface area contributed by atoms with E-state index >= 15 is 0 Å². The fraction of sp³-hybridized carbons (Fsp3) is 0.727. The Bertz CT molecular complexity index is 190. The average Bonchev–Trinajstić information content (AvgIpc) is 2.15. The van der Waals surface area contributed by atoms with E-state index in [-0.39, 0.29) is 11.9 Å². The van der Waals surface area contributed by atoms with Crippen LogP contribution in [0, 0.1) is 5.92 Å². The van der Waals surface area contributed by atoms with Gasteiger partial charge in [-0.25, -0.2) is 0 Å². The molecule has 0 spiro atoms. The molecule has 3 nitrogen and oxygen atoms in total. The maximum absolute atomic E-state index is 11.6. The molecule has 0 saturated carbocycles. The molecule has 0 rings (SSSR count). The molecule has 1 unspecified atom stereocenters. The molecule has 1 amide bonds. The van der Waals surface area contributed by atoms with Crippen molar-refractivity contribution in [3.63, 3.8) is 0 Å². The Kier molecular flexibility index (Phi) is 6.21. The Morgan fingerprint density at radius 3 is 2.50 bits per heavy atom. The minimum Gasteiger partial charge on any atom is -0.342 e. The lowest BCUT2D eigenvalue weighted by molar-refractivity contribution is -0.131. The van der Waals surface area contributed by atoms with E-state index < -0.39 is 0 Å². The van der Waals surface area contributed by atoms with Crippen LogP contribution in [0.4, 0.5) is 0 Å². The van der Waals surface area contributed by atoms with Crippen molar-refractivity contribution in [3.8, 4) is 0 Å². The summed E-state index contributed by atoms with van der Waals surface area (Å²) in [6, 6.07) is 0.285. The number of hydrogen-bond acceptors (Lipinski definition) is 2. The summed E-state index contributed by atoms with van der Waals surface area (Å²) < 4.78 is 0. The van der Waals surface area contributed by atoms with E-state index in [1.807, 2.05) is 7.05 Å². The summed E-state index contributed by atoms with van der Waals surface area (Å²) in [4.78, 5) is 13.4. The van der Waals surface area contributed by atoms with E-state index in [1.165, 1.54) is 0 Å². The zero-order valence-electron chi connectivity index (χ0n) is 9.71. The van der Waals surface area contributed by atoms with Crippen molar-refractivity contribution in [2.24, 2.45) is 5.92 Å². The van der Waals surface area contributed by atoms with Gasteiger partial charge in [-0.15, -0.1) is 6.58 Å². The number of likely N-dealkylation sites (N-methyl/N-ethyl adjacent to an activating group) is 1. The largest absolute Gasteiger partial charge is 0.342 e. The van der Waals surface area contributed by atoms with Gasteiger partial charge in [0.05, 0.1) is 6.54 Å². The summed E-state index contributed by atoms with van der Waals surface area (Å²) >= 11 is 0. The molecular formula is C11H22N2O. The molecule has 0 aliphatic carbocycles. The first-order valence-electron chi connectivity index (χ1n) is 5.08. The van der Waals surface area contributed by atoms with E-state index in [0.29, 0.717) is 19.0 Å². The molecule has 0 radical (unpaired) electrons. The van der Waals surface area contributed by atoms with Gasteiger partial charge >= 0.3 is 0 Å². The topological polar surface area (TPSA) is 32.3 Å². The molecule has 1 N–H and O–H groups in total. The van der Waals surface area contributed by atoms with Crippen LogP contribution in [-0.4, -0.2) is 37.0 Å². The SMILES string of the molecule is C=CCNCC(=O)N(C)C(C)C(C)C. The maximum Gasteiger partial charge on any atom is 0.236 e. The van der Waals surface area contributed by atoms with E-state index in [2.05, 4.69) is 32.7 Å². The van der Waals surface area contributed by atoms with Crippen molar-refractivity contribution in [1.82, 2.24) is 10.2 Å². The smallest absolute Gasteiger partial charge is 0.236 e. The standard InChI is InChI=1S/C11H22N2O/c1-6-7-12-8-11(14)13(5)10(4)9(2)3/h6,9-10,12H,1,7-8H2,2-5H3. The molecular weight excluding hydrogens is 176 g/mol. The van der Waals surface area contributed by atoms with Crippen molar-refractivity contribution < 1.29 is 4.79 Å². The number of nitrogens with one attached hydrogen (secondary N) is 1. The summed E-state index contributed by atoms with van der Waals surface area (Å²) in [5, 5.41) is 3.00. The predicted octanol–water partition coefficient (Wildman–Crippen LogP) is 1.26. The fourth-order valence-electron chi connectivity index (χ4n) is 1.08. The molecule has 3 heteroatoms. The molecule has 0 aromatic carbocycles. The van der Waals surface area contributed by atoms with Gasteiger partial charge in [0.15, 0.2) is 0 Å². The highest BCUT2D eigenvalue weighted by molar-refractivity contribution is 5.78. The van der Waals surface area contributed by atoms with Gasteiger partial charge in [0.25, 0.3) is 0 Å². The van der Waals surface area contributed by atoms with Crippen molar-refractivity contribution >= 4 is 5.91 Å². The highest BCUT2D eigenvalue weighted by atomic mass is 16.2. The van der Waals surface area contributed by atoms with Crippen LogP contribution >= 0.6 is 0 Å². The molecule has 1 atom stereocenters. The number of carbonyl (C=O) groups excluding carboxylic acids is 1. The third-order valence-electron chi connectivity index (χ3n) is 2.53. The highest BCUT2D eigenvalue weighted by Gasteiger charge is 2.17. The molecule has 0 aromatic rings. The van der Waals surface area contributed by atoms with E-state index in [4.69, 9.17) is 0 Å². The van der Waals surface area contributed by atoms with Gasteiger partial charge in [-0.3, -0.25) is 4.79 Å². The first-order chi connectivity index (χ1) is 6.50. The van der Waals surface area contributed by atoms with Gasteiger partial charge < -0.3 is 10.2 Å². The Labute approximate surface area is 87.2 Å². The predicted molar refractivity (Wildman–Crippen MR) is 60.1 cm³/mol. The van der Waals surface area contributed by atoms with Crippen LogP contribution in [0.1, 0.15) is 20.8 Å². The Morgan fingerprint density at radius 1 is 1.50 bits per heavy atom. The van der Waals surface area contributed by atoms with Crippen LogP contribution in [0.3, 0.4) is 0 Å². The Hall–Kier alpha value is -0.830. The summed E-state index contributed by atoms with van der Waals surface area (Å²) in [5.74, 6) is 0.622. The number of rotatable bonds is 6. The van der Waals surface area contributed by atoms with Crippen LogP contribution in [0.2, 0.25) is 0 Å². The van der Waals surface area contributed by atoms with Gasteiger partial charge in [-0.05, 0) is 12.8 Å². The third-order valence-corrected chi connectivity index (χ3v) is 2.53. The summed E-state index contributed by atoms with van der Waals surface area (Å²) in [6.07, 6.45) is 1.75. The maximum atomic E-state index is 11.6. The summed E-state index contributed by atoms with van der Waals surface area (Å²) in [5.41, 5.74) is 0. The van der Waals surface area contributed by atoms with Gasteiger partial charge in [0.2, 0.25) is 5.91 Å². The molecule has 0 heterocycles. The van der Waals surface area contributed by atoms with Crippen LogP contribution in [-0.2, 0) is 4.79 Å². The zero-order chi connectivity index (χ0) is 11.1. The number of nitrogens with zero attached hydrogens (tertiary/aromatic N) is 1. The highest BCUT2D eigenvalue weighted by Crippen LogP contribution is 2.07. The third kappa shape index (κ3) is 4.42. The van der Waals surface area contributed by atoms with Gasteiger partial charge in [0.1, 0.15) is 0 Å². The molecule has 14 heavy (non-hydrogen) atoms. The lowest BCUT2D eigenvalue weighted by atomic mass is 10.1. The molecule has 0 fully saturated rings. The van der Waals surface area contributed by atoms with Crippen molar-refractivity contribution in [1.29, 1.82) is 0 Å². The quantitative estimate of drug-likeness (QED) is 0.515. The monoisotopic (exact) mass is 198 g/mol. The Balaban J connectivity index is 3.92. The Morgan fingerprint density at radius 2 is 2.07 bits per heavy atom. The zero-order valence-corrected chi connectivity index (χ0v) is 9.71. The lowest BCUT2D eigenvalue weighted by Gasteiger charge is -2.28. The van der Waals surface area contributed by atoms with Crippen molar-refractivity contribution in [2.75, 3.05) is 20.1 Å². The second kappa shape index (κ2) is 6.60. The minimum absolute atomic E-state index is 0.132. The number of carbonyl (C=O) groups is 1. The van der Waals surface area contributed by atoms with Crippen molar-refractivity contribution in [2.45, 2.75) is 26.8 Å². The first kappa shape index (κ1) is 13.2. The van der Waals surface area contributed by atoms with Crippen LogP contribution in [0.5, 0.6) is 0 Å². The van der Waals surface area contributed by atoms with Crippen LogP contribution < -0.4 is 5.32 Å². The van der Waals surface area contributed by atoms with Crippen LogP contribution in [0.15, 0.2) is 12.7 Å². The molecule has 0 aliphatic heterocycles. The van der Waals surface area contributed by atoms with E-state index in [9.17, 15) is 4.79 Å². The molecule has 0 aliphatic rings. The van der Waals surface area contributed by atoms with Gasteiger partial charge in [-0.1, -0.05) is 19.9 Å². The summed E-state index contributed by atoms with van der Waals surface area (Å²) in [6.45, 7) is 10.9. The van der Waals surface area contributed by atoms with Crippen LogP contribution in [0.25, 0.3) is 0 Å². The van der Waals surface area contributed by atoms with Crippen molar-refractivity contribution in [3.05, 3.63) is 12.7 Å². The molecule has 0 aromatic heterocycles. The second-order valence-corrected chi connectivity index (χ2v) is 3.91. The number of hydrogen-bond donors (Lipinski definition) is 1. The summed E-state index contributed by atoms with van der Waals surface area (Å²) in [7, 11) is 1.85. The lowest BCUT2D eigenvalue weighted by Crippen LogP contribution is -2.42. The first-order valence-corrected chi connectivity index (χ1v) is 5.08. The van der Waals surface area contributed by atoms with Gasteiger partial charge in [0, 0.05) is 19.6 Å². The van der Waals surface area contributed by atoms with E-state index in [0.717, 1.165) is 0 Å². The molecule has 82 valence electrons. The van der Waals surface area contributed by atoms with E-state index in [1.54, 1.807) is 11.0 Å². The molecule has 0 bridgehead atoms. The molecule has 0 saturated heterocycles. The average molecular weight is 198 g/mol. The second-order valence-electron chi connectivity index (χ2n) is 3.91. The number of amides is 1. The minimum atomic E-state index is 0.132. The van der Waals surface area contributed by atoms with Gasteiger partial charge in [-0.2, -0.15) is 0 Å². The normalized spacial score (nSPS) is 12.6. The fourth-order valence-corrected chi connectivity index (χ4v) is 1.08.